The van der Waals surface area contributed by atoms with Crippen molar-refractivity contribution < 1.29 is 18.5 Å². The second-order valence-electron chi connectivity index (χ2n) is 4.22. The fraction of sp³-hybridized carbons (Fsp3) is 0.692. The number of hydrogen-bond acceptors (Lipinski definition) is 8. The van der Waals surface area contributed by atoms with Gasteiger partial charge in [0, 0.05) is 18.9 Å². The van der Waals surface area contributed by atoms with Crippen molar-refractivity contribution in [3.05, 3.63) is 17.6 Å². The molecule has 0 saturated heterocycles. The van der Waals surface area contributed by atoms with Crippen LogP contribution in [0.4, 0.5) is 0 Å². The third kappa shape index (κ3) is 6.89. The van der Waals surface area contributed by atoms with Crippen molar-refractivity contribution in [2.45, 2.75) is 33.5 Å². The molecule has 0 aliphatic rings. The minimum Gasteiger partial charge on any atom is -0.481 e. The number of hydrogen-bond donors (Lipinski definition) is 0. The van der Waals surface area contributed by atoms with E-state index in [4.69, 9.17) is 30.3 Å². The van der Waals surface area contributed by atoms with E-state index in [0.717, 1.165) is 12.2 Å². The van der Waals surface area contributed by atoms with Crippen LogP contribution in [0.5, 0.6) is 5.88 Å². The minimum atomic E-state index is -2.34. The van der Waals surface area contributed by atoms with E-state index in [1.165, 1.54) is 0 Å². The highest BCUT2D eigenvalue weighted by Gasteiger charge is 2.20. The van der Waals surface area contributed by atoms with Gasteiger partial charge in [-0.1, -0.05) is 18.3 Å². The molecule has 9 heteroatoms. The van der Waals surface area contributed by atoms with Crippen LogP contribution in [0.2, 0.25) is 0 Å². The highest BCUT2D eigenvalue weighted by atomic mass is 32.9. The number of rotatable bonds is 11. The van der Waals surface area contributed by atoms with Crippen LogP contribution < -0.4 is 4.74 Å². The van der Waals surface area contributed by atoms with Gasteiger partial charge in [0.05, 0.1) is 26.0 Å². The van der Waals surface area contributed by atoms with Crippen molar-refractivity contribution in [3.8, 4) is 5.88 Å². The SMILES string of the molecule is CCCS[P@@](=S)(OCC)OCc1cc(OC)nc(COC)n1. The van der Waals surface area contributed by atoms with Gasteiger partial charge in [-0.05, 0) is 25.2 Å². The van der Waals surface area contributed by atoms with Gasteiger partial charge >= 0.3 is 0 Å². The summed E-state index contributed by atoms with van der Waals surface area (Å²) in [6.45, 7) is 5.14. The lowest BCUT2D eigenvalue weighted by molar-refractivity contribution is 0.175. The fourth-order valence-electron chi connectivity index (χ4n) is 1.52. The van der Waals surface area contributed by atoms with E-state index >= 15 is 0 Å². The molecule has 1 rings (SSSR count). The molecule has 126 valence electrons. The van der Waals surface area contributed by atoms with Crippen LogP contribution in [0.1, 0.15) is 31.8 Å². The molecule has 0 N–H and O–H groups in total. The summed E-state index contributed by atoms with van der Waals surface area (Å²) in [5.74, 6) is 1.94. The Kier molecular flexibility index (Phi) is 9.47. The fourth-order valence-corrected chi connectivity index (χ4v) is 6.04. The standard InChI is InChI=1S/C13H23N2O4PS2/c1-5-7-22-20(21,18-6-2)19-9-11-8-13(17-4)15-12(14-11)10-16-3/h8H,5-7,9-10H2,1-4H3/t20-/m0/s1. The summed E-state index contributed by atoms with van der Waals surface area (Å²) in [5.41, 5.74) is -1.64. The van der Waals surface area contributed by atoms with E-state index in [-0.39, 0.29) is 6.61 Å². The molecule has 1 atom stereocenters. The van der Waals surface area contributed by atoms with E-state index in [1.807, 2.05) is 6.92 Å². The first-order valence-electron chi connectivity index (χ1n) is 7.00. The van der Waals surface area contributed by atoms with Gasteiger partial charge in [0.25, 0.3) is 0 Å². The van der Waals surface area contributed by atoms with Crippen molar-refractivity contribution in [1.29, 1.82) is 0 Å². The Morgan fingerprint density at radius 3 is 2.55 bits per heavy atom. The molecule has 0 aliphatic heterocycles. The normalized spacial score (nSPS) is 13.8. The Morgan fingerprint density at radius 1 is 1.18 bits per heavy atom. The largest absolute Gasteiger partial charge is 0.481 e. The molecule has 6 nitrogen and oxygen atoms in total. The van der Waals surface area contributed by atoms with Crippen molar-refractivity contribution in [2.24, 2.45) is 0 Å². The van der Waals surface area contributed by atoms with E-state index in [2.05, 4.69) is 16.9 Å². The molecule has 1 heterocycles. The average Bonchev–Trinajstić information content (AvgIpc) is 2.51. The minimum absolute atomic E-state index is 0.267. The lowest BCUT2D eigenvalue weighted by Crippen LogP contribution is -2.04. The average molecular weight is 366 g/mol. The Labute approximate surface area is 141 Å². The van der Waals surface area contributed by atoms with Crippen molar-refractivity contribution >= 4 is 28.9 Å². The third-order valence-corrected chi connectivity index (χ3v) is 8.03. The first-order chi connectivity index (χ1) is 10.6. The monoisotopic (exact) mass is 366 g/mol. The molecule has 0 aliphatic carbocycles. The van der Waals surface area contributed by atoms with Crippen molar-refractivity contribution in [1.82, 2.24) is 9.97 Å². The zero-order chi connectivity index (χ0) is 16.4. The zero-order valence-corrected chi connectivity index (χ0v) is 15.9. The molecular weight excluding hydrogens is 343 g/mol. The van der Waals surface area contributed by atoms with Gasteiger partial charge in [0.1, 0.15) is 6.61 Å². The summed E-state index contributed by atoms with van der Waals surface area (Å²) in [6.07, 6.45) is 1.03. The van der Waals surface area contributed by atoms with E-state index in [0.29, 0.717) is 30.6 Å². The summed E-state index contributed by atoms with van der Waals surface area (Å²) < 4.78 is 21.8. The van der Waals surface area contributed by atoms with Crippen molar-refractivity contribution in [3.63, 3.8) is 0 Å². The molecule has 0 unspecified atom stereocenters. The maximum Gasteiger partial charge on any atom is 0.247 e. The van der Waals surface area contributed by atoms with Crippen LogP contribution in [-0.2, 0) is 38.8 Å². The molecule has 1 aromatic rings. The third-order valence-electron chi connectivity index (χ3n) is 2.40. The number of ether oxygens (including phenoxy) is 2. The zero-order valence-electron chi connectivity index (χ0n) is 13.4. The van der Waals surface area contributed by atoms with Gasteiger partial charge in [-0.25, -0.2) is 4.98 Å². The van der Waals surface area contributed by atoms with Gasteiger partial charge in [0.15, 0.2) is 5.82 Å². The predicted molar refractivity (Wildman–Crippen MR) is 92.7 cm³/mol. The van der Waals surface area contributed by atoms with E-state index in [9.17, 15) is 0 Å². The molecule has 0 fully saturated rings. The number of nitrogens with zero attached hydrogens (tertiary/aromatic N) is 2. The molecule has 0 spiro atoms. The summed E-state index contributed by atoms with van der Waals surface area (Å²) >= 11 is 7.12. The summed E-state index contributed by atoms with van der Waals surface area (Å²) in [4.78, 5) is 8.58. The predicted octanol–water partition coefficient (Wildman–Crippen LogP) is 3.55. The van der Waals surface area contributed by atoms with E-state index in [1.54, 1.807) is 31.7 Å². The summed E-state index contributed by atoms with van der Waals surface area (Å²) in [6, 6.07) is 1.73. The molecule has 0 radical (unpaired) electrons. The highest BCUT2D eigenvalue weighted by molar-refractivity contribution is 8.67. The van der Waals surface area contributed by atoms with Crippen LogP contribution in [0.15, 0.2) is 6.07 Å². The molecular formula is C13H23N2O4PS2. The van der Waals surface area contributed by atoms with Gasteiger partial charge < -0.3 is 18.5 Å². The quantitative estimate of drug-likeness (QED) is 0.551. The number of methoxy groups -OCH3 is 2. The van der Waals surface area contributed by atoms with Gasteiger partial charge in [0.2, 0.25) is 11.6 Å². The smallest absolute Gasteiger partial charge is 0.247 e. The second-order valence-corrected chi connectivity index (χ2v) is 10.7. The maximum atomic E-state index is 5.87. The highest BCUT2D eigenvalue weighted by Crippen LogP contribution is 2.61. The molecule has 0 saturated carbocycles. The van der Waals surface area contributed by atoms with Gasteiger partial charge in [-0.3, -0.25) is 0 Å². The van der Waals surface area contributed by atoms with Crippen LogP contribution in [-0.4, -0.2) is 36.5 Å². The van der Waals surface area contributed by atoms with Crippen molar-refractivity contribution in [2.75, 3.05) is 26.6 Å². The summed E-state index contributed by atoms with van der Waals surface area (Å²) in [5, 5.41) is 0. The molecule has 22 heavy (non-hydrogen) atoms. The van der Waals surface area contributed by atoms with Crippen LogP contribution in [0, 0.1) is 0 Å². The maximum absolute atomic E-state index is 5.87. The van der Waals surface area contributed by atoms with Crippen LogP contribution in [0.25, 0.3) is 0 Å². The Balaban J connectivity index is 2.79. The molecule has 0 bridgehead atoms. The van der Waals surface area contributed by atoms with Crippen LogP contribution in [0.3, 0.4) is 0 Å². The molecule has 1 aromatic heterocycles. The topological polar surface area (TPSA) is 62.7 Å². The van der Waals surface area contributed by atoms with Gasteiger partial charge in [-0.15, -0.1) is 0 Å². The second kappa shape index (κ2) is 10.5. The first-order valence-corrected chi connectivity index (χ1v) is 11.2. The molecule has 0 aromatic carbocycles. The van der Waals surface area contributed by atoms with Gasteiger partial charge in [-0.2, -0.15) is 4.98 Å². The van der Waals surface area contributed by atoms with Crippen LogP contribution >= 0.6 is 17.1 Å². The lowest BCUT2D eigenvalue weighted by Gasteiger charge is -2.20. The Bertz CT molecular complexity index is 505. The summed E-state index contributed by atoms with van der Waals surface area (Å²) in [7, 11) is 3.15. The Hall–Kier alpha value is -0.240. The van der Waals surface area contributed by atoms with E-state index < -0.39 is 5.69 Å². The Morgan fingerprint density at radius 2 is 1.95 bits per heavy atom. The lowest BCUT2D eigenvalue weighted by atomic mass is 10.4. The molecule has 0 amide bonds. The number of aromatic nitrogens is 2. The first kappa shape index (κ1) is 19.8.